The molecular formula is C60H36N4. The Bertz CT molecular complexity index is 3890. The van der Waals surface area contributed by atoms with Crippen molar-refractivity contribution in [1.82, 2.24) is 0 Å². The van der Waals surface area contributed by atoms with Crippen LogP contribution >= 0.6 is 0 Å². The van der Waals surface area contributed by atoms with Crippen molar-refractivity contribution in [2.75, 3.05) is 0 Å². The van der Waals surface area contributed by atoms with Crippen molar-refractivity contribution in [2.45, 2.75) is 27.7 Å². The molecule has 0 saturated carbocycles. The highest BCUT2D eigenvalue weighted by atomic mass is 14.6. The molecule has 64 heavy (non-hydrogen) atoms. The van der Waals surface area contributed by atoms with Gasteiger partial charge in [-0.3, -0.25) is 0 Å². The van der Waals surface area contributed by atoms with E-state index in [1.54, 1.807) is 0 Å². The maximum atomic E-state index is 9.83. The Morgan fingerprint density at radius 1 is 0.359 bits per heavy atom. The molecule has 0 spiro atoms. The molecule has 0 aromatic heterocycles. The molecule has 0 aliphatic heterocycles. The summed E-state index contributed by atoms with van der Waals surface area (Å²) in [4.78, 5) is 3.83. The third-order valence-corrected chi connectivity index (χ3v) is 13.4. The molecule has 0 N–H and O–H groups in total. The normalized spacial score (nSPS) is 11.4. The van der Waals surface area contributed by atoms with Gasteiger partial charge in [0.25, 0.3) is 0 Å². The number of benzene rings is 10. The molecule has 0 bridgehead atoms. The Morgan fingerprint density at radius 3 is 1.45 bits per heavy atom. The predicted octanol–water partition coefficient (Wildman–Crippen LogP) is 16.0. The second kappa shape index (κ2) is 14.4. The summed E-state index contributed by atoms with van der Waals surface area (Å²) < 4.78 is 0. The Hall–Kier alpha value is -8.80. The van der Waals surface area contributed by atoms with E-state index in [1.165, 1.54) is 55.3 Å². The molecule has 0 atom stereocenters. The number of hydrogen-bond donors (Lipinski definition) is 0. The lowest BCUT2D eigenvalue weighted by atomic mass is 9.84. The number of nitrogens with zero attached hydrogens (tertiary/aromatic N) is 4. The number of hydrogen-bond acceptors (Lipinski definition) is 3. The maximum absolute atomic E-state index is 9.83. The van der Waals surface area contributed by atoms with Gasteiger partial charge in [0.2, 0.25) is 0 Å². The van der Waals surface area contributed by atoms with Crippen molar-refractivity contribution < 1.29 is 0 Å². The topological polar surface area (TPSA) is 75.7 Å². The summed E-state index contributed by atoms with van der Waals surface area (Å²) in [6.45, 7) is 16.4. The van der Waals surface area contributed by atoms with E-state index < -0.39 is 0 Å². The van der Waals surface area contributed by atoms with E-state index in [0.29, 0.717) is 22.4 Å². The van der Waals surface area contributed by atoms with Gasteiger partial charge in [0, 0.05) is 0 Å². The largest absolute Gasteiger partial charge is 0.238 e. The zero-order chi connectivity index (χ0) is 44.0. The first-order valence-electron chi connectivity index (χ1n) is 21.3. The Labute approximate surface area is 371 Å². The minimum absolute atomic E-state index is 0.569. The first-order valence-corrected chi connectivity index (χ1v) is 21.3. The number of nitriles is 3. The van der Waals surface area contributed by atoms with Crippen molar-refractivity contribution in [3.63, 3.8) is 0 Å². The number of fused-ring (bicyclic) bond motifs is 8. The van der Waals surface area contributed by atoms with Crippen LogP contribution in [0.15, 0.2) is 146 Å². The highest BCUT2D eigenvalue weighted by Gasteiger charge is 2.27. The highest BCUT2D eigenvalue weighted by Crippen LogP contribution is 2.53. The van der Waals surface area contributed by atoms with Crippen LogP contribution in [0.25, 0.3) is 115 Å². The average molecular weight is 813 g/mol. The van der Waals surface area contributed by atoms with E-state index in [2.05, 4.69) is 123 Å². The summed E-state index contributed by atoms with van der Waals surface area (Å²) in [5.74, 6) is 0. The zero-order valence-corrected chi connectivity index (χ0v) is 35.6. The summed E-state index contributed by atoms with van der Waals surface area (Å²) in [6, 6.07) is 57.6. The lowest BCUT2D eigenvalue weighted by Crippen LogP contribution is -1.93. The minimum atomic E-state index is 0.569. The van der Waals surface area contributed by atoms with Crippen molar-refractivity contribution in [1.29, 1.82) is 15.8 Å². The van der Waals surface area contributed by atoms with E-state index in [1.807, 2.05) is 73.7 Å². The minimum Gasteiger partial charge on any atom is -0.238 e. The van der Waals surface area contributed by atoms with Crippen LogP contribution in [0, 0.1) is 68.3 Å². The van der Waals surface area contributed by atoms with Gasteiger partial charge in [-0.15, -0.1) is 0 Å². The van der Waals surface area contributed by atoms with Crippen LogP contribution in [-0.4, -0.2) is 0 Å². The third kappa shape index (κ3) is 5.72. The van der Waals surface area contributed by atoms with Crippen LogP contribution in [0.5, 0.6) is 0 Å². The molecule has 10 aromatic carbocycles. The van der Waals surface area contributed by atoms with E-state index in [-0.39, 0.29) is 0 Å². The molecule has 10 aromatic rings. The van der Waals surface area contributed by atoms with Gasteiger partial charge in [-0.1, -0.05) is 78.9 Å². The second-order valence-corrected chi connectivity index (χ2v) is 17.1. The van der Waals surface area contributed by atoms with Crippen molar-refractivity contribution in [3.8, 4) is 85.0 Å². The fourth-order valence-electron chi connectivity index (χ4n) is 10.5. The van der Waals surface area contributed by atoms with Gasteiger partial charge in [-0.05, 0) is 227 Å². The number of aryl methyl sites for hydroxylation is 4. The molecule has 11 rings (SSSR count). The fraction of sp³-hybridized carbons (Fsp3) is 0.0667. The van der Waals surface area contributed by atoms with Crippen molar-refractivity contribution in [3.05, 3.63) is 196 Å². The first-order chi connectivity index (χ1) is 31.2. The van der Waals surface area contributed by atoms with E-state index in [4.69, 9.17) is 6.57 Å². The molecule has 0 radical (unpaired) electrons. The van der Waals surface area contributed by atoms with Crippen LogP contribution < -0.4 is 0 Å². The molecule has 0 fully saturated rings. The van der Waals surface area contributed by atoms with Gasteiger partial charge in [0.15, 0.2) is 5.69 Å². The van der Waals surface area contributed by atoms with E-state index in [0.717, 1.165) is 76.8 Å². The average Bonchev–Trinajstić information content (AvgIpc) is 3.63. The van der Waals surface area contributed by atoms with E-state index >= 15 is 0 Å². The van der Waals surface area contributed by atoms with Gasteiger partial charge < -0.3 is 0 Å². The Morgan fingerprint density at radius 2 is 0.859 bits per heavy atom. The molecule has 1 aliphatic carbocycles. The highest BCUT2D eigenvalue weighted by molar-refractivity contribution is 6.28. The summed E-state index contributed by atoms with van der Waals surface area (Å²) in [7, 11) is 0. The Kier molecular flexibility index (Phi) is 8.58. The predicted molar refractivity (Wildman–Crippen MR) is 262 cm³/mol. The summed E-state index contributed by atoms with van der Waals surface area (Å²) in [6.07, 6.45) is 0. The summed E-state index contributed by atoms with van der Waals surface area (Å²) >= 11 is 0. The third-order valence-electron chi connectivity index (χ3n) is 13.4. The van der Waals surface area contributed by atoms with Gasteiger partial charge in [-0.25, -0.2) is 4.85 Å². The smallest absolute Gasteiger partial charge is 0.187 e. The fourth-order valence-corrected chi connectivity index (χ4v) is 10.5. The van der Waals surface area contributed by atoms with Crippen LogP contribution in [-0.2, 0) is 0 Å². The van der Waals surface area contributed by atoms with Crippen LogP contribution in [0.2, 0.25) is 0 Å². The lowest BCUT2D eigenvalue weighted by Gasteiger charge is -2.19. The van der Waals surface area contributed by atoms with Gasteiger partial charge in [0.05, 0.1) is 41.5 Å². The SMILES string of the molecule is [C-]#[N+]c1ccc2c(c1)c(-c1ccc(C#N)cc1C)cc1c3cc4c(cc3c(-c3ccc(C#N)cc3C)cc21)-c1cccc2c(-c3c(C)cc(-c5ccc(C#N)cc5)cc3C)ccc-4c12. The molecular weight excluding hydrogens is 777 g/mol. The maximum Gasteiger partial charge on any atom is 0.187 e. The zero-order valence-electron chi connectivity index (χ0n) is 35.6. The van der Waals surface area contributed by atoms with Crippen LogP contribution in [0.3, 0.4) is 0 Å². The molecule has 4 heteroatoms. The molecule has 0 amide bonds. The van der Waals surface area contributed by atoms with Gasteiger partial charge in [-0.2, -0.15) is 15.8 Å². The summed E-state index contributed by atoms with van der Waals surface area (Å²) in [5.41, 5.74) is 20.5. The summed E-state index contributed by atoms with van der Waals surface area (Å²) in [5, 5.41) is 37.8. The molecule has 1 aliphatic rings. The molecule has 0 saturated heterocycles. The monoisotopic (exact) mass is 812 g/mol. The van der Waals surface area contributed by atoms with Gasteiger partial charge >= 0.3 is 0 Å². The molecule has 296 valence electrons. The Balaban J connectivity index is 1.19. The van der Waals surface area contributed by atoms with Gasteiger partial charge in [0.1, 0.15) is 0 Å². The van der Waals surface area contributed by atoms with Crippen molar-refractivity contribution >= 4 is 48.8 Å². The van der Waals surface area contributed by atoms with E-state index in [9.17, 15) is 15.8 Å². The van der Waals surface area contributed by atoms with Crippen LogP contribution in [0.4, 0.5) is 5.69 Å². The lowest BCUT2D eigenvalue weighted by molar-refractivity contribution is 1.38. The van der Waals surface area contributed by atoms with Crippen LogP contribution in [0.1, 0.15) is 38.9 Å². The molecule has 4 nitrogen and oxygen atoms in total. The molecule has 0 unspecified atom stereocenters. The van der Waals surface area contributed by atoms with Crippen molar-refractivity contribution in [2.24, 2.45) is 0 Å². The standard InChI is InChI=1S/C60H36N4/c1-33-21-38(31-62)11-16-43(33)51-27-57-53(45-18-15-42(64-5)25-50(45)51)26-52(44-17-12-39(32-63)22-34(44)2)56-28-54-47-8-6-7-46-48(19-20-49(60(46)47)55(54)29-58(56)57)59-35(3)23-41(24-36(59)4)40-13-9-37(30-61)10-14-40/h6-29H,1-4H3. The number of rotatable bonds is 4. The first kappa shape index (κ1) is 38.1. The quantitative estimate of drug-likeness (QED) is 0.131. The second-order valence-electron chi connectivity index (χ2n) is 17.1. The molecule has 0 heterocycles.